The number of hydrogen-bond acceptors (Lipinski definition) is 13. The highest BCUT2D eigenvalue weighted by molar-refractivity contribution is 6.01. The molecule has 0 aliphatic heterocycles. The molecular formula is C34H40F3N7O16. The lowest BCUT2D eigenvalue weighted by atomic mass is 10.1. The molecule has 1 heterocycles. The highest BCUT2D eigenvalue weighted by atomic mass is 19.4. The molecule has 0 unspecified atom stereocenters. The molecule has 60 heavy (non-hydrogen) atoms. The average molecular weight is 860 g/mol. The van der Waals surface area contributed by atoms with Crippen LogP contribution in [0.4, 0.5) is 18.9 Å². The van der Waals surface area contributed by atoms with Crippen molar-refractivity contribution in [3.05, 3.63) is 40.2 Å². The molecule has 0 radical (unpaired) electrons. The van der Waals surface area contributed by atoms with E-state index < -0.39 is 144 Å². The van der Waals surface area contributed by atoms with Gasteiger partial charge in [-0.2, -0.15) is 13.2 Å². The first-order valence-corrected chi connectivity index (χ1v) is 17.4. The standard InChI is InChI=1S/C34H40F3N7O16/c1-14(45)39-19(10-24(46)47)30(56)42-21(12-26(50)51)32(58)44-22(13-27(52)53)33(59)43-20(11-25(48)49)31(57)41-18(4-2-3-7-38)29(55)40-15-5-6-16-17(34(35,36)37)9-28(54)60-23(16)8-15/h5-6,8-9,18-22H,2-4,7,10-13,38H2,1H3,(H,39,45)(H,40,55)(H,41,57)(H,42,56)(H,43,59)(H,44,58)(H,46,47)(H,48,49)(H,50,51)(H,52,53)/t18-,19-,20-,21-,22-/m0/s1. The van der Waals surface area contributed by atoms with Gasteiger partial charge in [0.2, 0.25) is 35.4 Å². The van der Waals surface area contributed by atoms with Crippen LogP contribution in [-0.4, -0.2) is 117 Å². The van der Waals surface area contributed by atoms with Crippen LogP contribution in [0.5, 0.6) is 0 Å². The predicted molar refractivity (Wildman–Crippen MR) is 193 cm³/mol. The Labute approximate surface area is 334 Å². The van der Waals surface area contributed by atoms with Gasteiger partial charge in [-0.25, -0.2) is 4.79 Å². The van der Waals surface area contributed by atoms with Crippen LogP contribution in [0, 0.1) is 0 Å². The number of benzene rings is 1. The summed E-state index contributed by atoms with van der Waals surface area (Å²) in [4.78, 5) is 136. The van der Waals surface area contributed by atoms with Crippen molar-refractivity contribution in [2.45, 2.75) is 88.3 Å². The highest BCUT2D eigenvalue weighted by Gasteiger charge is 2.36. The van der Waals surface area contributed by atoms with E-state index in [4.69, 9.17) is 15.3 Å². The summed E-state index contributed by atoms with van der Waals surface area (Å²) in [5.74, 6) is -14.5. The summed E-state index contributed by atoms with van der Waals surface area (Å²) in [5, 5.41) is 49.0. The van der Waals surface area contributed by atoms with Gasteiger partial charge in [-0.15, -0.1) is 0 Å². The highest BCUT2D eigenvalue weighted by Crippen LogP contribution is 2.34. The Kier molecular flexibility index (Phi) is 18.1. The number of amides is 6. The van der Waals surface area contributed by atoms with Gasteiger partial charge in [-0.3, -0.25) is 47.9 Å². The Balaban J connectivity index is 2.37. The molecule has 0 saturated heterocycles. The number of halogens is 3. The maximum Gasteiger partial charge on any atom is 0.417 e. The molecule has 6 amide bonds. The van der Waals surface area contributed by atoms with Crippen molar-refractivity contribution in [2.75, 3.05) is 11.9 Å². The van der Waals surface area contributed by atoms with Crippen molar-refractivity contribution >= 4 is 76.0 Å². The molecule has 0 aliphatic rings. The largest absolute Gasteiger partial charge is 0.481 e. The minimum atomic E-state index is -4.94. The lowest BCUT2D eigenvalue weighted by Crippen LogP contribution is -2.59. The fourth-order valence-electron chi connectivity index (χ4n) is 5.34. The van der Waals surface area contributed by atoms with Gasteiger partial charge in [0, 0.05) is 30.1 Å². The minimum Gasteiger partial charge on any atom is -0.481 e. The van der Waals surface area contributed by atoms with Gasteiger partial charge in [0.15, 0.2) is 0 Å². The first-order chi connectivity index (χ1) is 27.9. The number of hydrogen-bond donors (Lipinski definition) is 11. The van der Waals surface area contributed by atoms with Gasteiger partial charge >= 0.3 is 35.7 Å². The van der Waals surface area contributed by atoms with Crippen LogP contribution in [0.25, 0.3) is 11.0 Å². The summed E-state index contributed by atoms with van der Waals surface area (Å²) >= 11 is 0. The van der Waals surface area contributed by atoms with E-state index in [1.165, 1.54) is 0 Å². The van der Waals surface area contributed by atoms with E-state index in [0.29, 0.717) is 6.42 Å². The molecule has 1 aromatic carbocycles. The Bertz CT molecular complexity index is 2040. The summed E-state index contributed by atoms with van der Waals surface area (Å²) in [6.45, 7) is 1.04. The number of carboxylic acids is 4. The molecule has 2 rings (SSSR count). The van der Waals surface area contributed by atoms with E-state index in [2.05, 4.69) is 10.6 Å². The molecule has 23 nitrogen and oxygen atoms in total. The zero-order chi connectivity index (χ0) is 45.5. The number of nitrogens with one attached hydrogen (secondary N) is 6. The van der Waals surface area contributed by atoms with Crippen LogP contribution in [-0.2, 0) is 54.1 Å². The zero-order valence-electron chi connectivity index (χ0n) is 31.3. The molecule has 1 aromatic heterocycles. The Morgan fingerprint density at radius 1 is 0.633 bits per heavy atom. The number of nitrogens with two attached hydrogens (primary N) is 1. The normalized spacial score (nSPS) is 13.6. The van der Waals surface area contributed by atoms with Crippen molar-refractivity contribution in [1.29, 1.82) is 0 Å². The lowest BCUT2D eigenvalue weighted by Gasteiger charge is -2.26. The van der Waals surface area contributed by atoms with E-state index in [-0.39, 0.29) is 31.1 Å². The molecule has 0 saturated carbocycles. The number of fused-ring (bicyclic) bond motifs is 1. The molecule has 5 atom stereocenters. The van der Waals surface area contributed by atoms with Crippen molar-refractivity contribution < 1.29 is 86.0 Å². The number of alkyl halides is 3. The number of aliphatic carboxylic acids is 4. The van der Waals surface area contributed by atoms with Crippen LogP contribution in [0.3, 0.4) is 0 Å². The van der Waals surface area contributed by atoms with E-state index in [0.717, 1.165) is 25.1 Å². The Morgan fingerprint density at radius 2 is 1.05 bits per heavy atom. The molecule has 2 aromatic rings. The van der Waals surface area contributed by atoms with Gasteiger partial charge in [0.25, 0.3) is 0 Å². The maximum atomic E-state index is 13.5. The Morgan fingerprint density at radius 3 is 1.43 bits per heavy atom. The summed E-state index contributed by atoms with van der Waals surface area (Å²) in [7, 11) is 0. The Hall–Kier alpha value is -7.12. The quantitative estimate of drug-likeness (QED) is 0.0435. The van der Waals surface area contributed by atoms with Gasteiger partial charge < -0.3 is 62.5 Å². The molecule has 0 fully saturated rings. The second-order valence-electron chi connectivity index (χ2n) is 12.9. The molecule has 0 aliphatic carbocycles. The fourth-order valence-corrected chi connectivity index (χ4v) is 5.34. The van der Waals surface area contributed by atoms with E-state index in [9.17, 15) is 81.2 Å². The molecule has 328 valence electrons. The first-order valence-electron chi connectivity index (χ1n) is 17.4. The summed E-state index contributed by atoms with van der Waals surface area (Å²) in [6.07, 6.45) is -9.40. The first kappa shape index (κ1) is 49.0. The lowest BCUT2D eigenvalue weighted by molar-refractivity contribution is -0.145. The van der Waals surface area contributed by atoms with Crippen molar-refractivity contribution in [3.63, 3.8) is 0 Å². The molecule has 0 bridgehead atoms. The molecule has 26 heteroatoms. The van der Waals surface area contributed by atoms with Gasteiger partial charge in [0.1, 0.15) is 35.8 Å². The number of unbranched alkanes of at least 4 members (excludes halogenated alkanes) is 1. The summed E-state index contributed by atoms with van der Waals surface area (Å²) < 4.78 is 45.3. The second-order valence-corrected chi connectivity index (χ2v) is 12.9. The number of carboxylic acid groups (broad SMARTS) is 4. The van der Waals surface area contributed by atoms with Crippen LogP contribution < -0.4 is 43.3 Å². The number of carbonyl (C=O) groups excluding carboxylic acids is 6. The van der Waals surface area contributed by atoms with E-state index in [1.807, 2.05) is 21.3 Å². The van der Waals surface area contributed by atoms with Gasteiger partial charge in [0.05, 0.1) is 31.2 Å². The fraction of sp³-hybridized carbons (Fsp3) is 0.441. The molecular weight excluding hydrogens is 819 g/mol. The van der Waals surface area contributed by atoms with Crippen molar-refractivity contribution in [2.24, 2.45) is 5.73 Å². The zero-order valence-corrected chi connectivity index (χ0v) is 31.3. The third kappa shape index (κ3) is 16.0. The van der Waals surface area contributed by atoms with Crippen LogP contribution in [0.1, 0.15) is 57.4 Å². The smallest absolute Gasteiger partial charge is 0.417 e. The number of carbonyl (C=O) groups is 10. The topological polar surface area (TPSA) is 380 Å². The van der Waals surface area contributed by atoms with Crippen LogP contribution in [0.2, 0.25) is 0 Å². The summed E-state index contributed by atoms with van der Waals surface area (Å²) in [6, 6.07) is -6.73. The van der Waals surface area contributed by atoms with Crippen LogP contribution >= 0.6 is 0 Å². The van der Waals surface area contributed by atoms with E-state index in [1.54, 1.807) is 0 Å². The number of rotatable bonds is 23. The average Bonchev–Trinajstić information content (AvgIpc) is 3.11. The third-order valence-corrected chi connectivity index (χ3v) is 8.01. The number of anilines is 1. The van der Waals surface area contributed by atoms with Crippen molar-refractivity contribution in [1.82, 2.24) is 26.6 Å². The molecule has 12 N–H and O–H groups in total. The second kappa shape index (κ2) is 22.1. The van der Waals surface area contributed by atoms with Crippen molar-refractivity contribution in [3.8, 4) is 0 Å². The maximum absolute atomic E-state index is 13.5. The predicted octanol–water partition coefficient (Wildman–Crippen LogP) is -1.78. The van der Waals surface area contributed by atoms with Gasteiger partial charge in [-0.1, -0.05) is 0 Å². The monoisotopic (exact) mass is 859 g/mol. The van der Waals surface area contributed by atoms with E-state index >= 15 is 0 Å². The summed E-state index contributed by atoms with van der Waals surface area (Å²) in [5.41, 5.74) is 2.09. The SMILES string of the molecule is CC(=O)N[C@@H](CC(=O)O)C(=O)N[C@@H](CC(=O)O)C(=O)N[C@@H](CC(=O)O)C(=O)N[C@@H](CC(=O)O)C(=O)N[C@@H](CCCCN)C(=O)Nc1ccc2c(C(F)(F)F)cc(=O)oc2c1. The third-order valence-electron chi connectivity index (χ3n) is 8.01. The molecule has 0 spiro atoms. The van der Waals surface area contributed by atoms with Gasteiger partial charge in [-0.05, 0) is 37.9 Å². The minimum absolute atomic E-state index is 0.122. The van der Waals surface area contributed by atoms with Crippen LogP contribution in [0.15, 0.2) is 33.5 Å².